The Balaban J connectivity index is 2.17. The zero-order chi connectivity index (χ0) is 11.9. The van der Waals surface area contributed by atoms with Gasteiger partial charge in [0, 0.05) is 11.5 Å². The second-order valence-electron chi connectivity index (χ2n) is 4.12. The van der Waals surface area contributed by atoms with E-state index >= 15 is 0 Å². The van der Waals surface area contributed by atoms with Crippen LogP contribution in [0, 0.1) is 24.6 Å². The van der Waals surface area contributed by atoms with Crippen LogP contribution in [0.15, 0.2) is 18.2 Å². The molecule has 0 heterocycles. The van der Waals surface area contributed by atoms with Crippen molar-refractivity contribution in [2.24, 2.45) is 11.8 Å². The molecule has 84 valence electrons. The van der Waals surface area contributed by atoms with Crippen LogP contribution in [0.4, 0.5) is 4.39 Å². The number of benzene rings is 1. The third-order valence-corrected chi connectivity index (χ3v) is 2.89. The van der Waals surface area contributed by atoms with E-state index in [1.165, 1.54) is 18.2 Å². The van der Waals surface area contributed by atoms with Gasteiger partial charge in [0.2, 0.25) is 0 Å². The van der Waals surface area contributed by atoms with Gasteiger partial charge in [-0.1, -0.05) is 0 Å². The smallest absolute Gasteiger partial charge is 0.307 e. The first-order valence-electron chi connectivity index (χ1n) is 5.04. The maximum atomic E-state index is 13.0. The van der Waals surface area contributed by atoms with Gasteiger partial charge in [0.25, 0.3) is 0 Å². The molecule has 0 radical (unpaired) electrons. The molecule has 1 aliphatic rings. The van der Waals surface area contributed by atoms with Crippen molar-refractivity contribution in [2.75, 3.05) is 0 Å². The zero-order valence-corrected chi connectivity index (χ0v) is 8.74. The molecule has 1 aromatic rings. The first-order valence-corrected chi connectivity index (χ1v) is 5.04. The number of hydrogen-bond donors (Lipinski definition) is 1. The summed E-state index contributed by atoms with van der Waals surface area (Å²) in [5, 5.41) is 8.71. The van der Waals surface area contributed by atoms with Crippen LogP contribution in [-0.2, 0) is 4.79 Å². The zero-order valence-electron chi connectivity index (χ0n) is 8.74. The summed E-state index contributed by atoms with van der Waals surface area (Å²) in [7, 11) is 0. The number of aliphatic carboxylic acids is 1. The van der Waals surface area contributed by atoms with Crippen LogP contribution < -0.4 is 0 Å². The van der Waals surface area contributed by atoms with Gasteiger partial charge in [0.05, 0.1) is 5.92 Å². The van der Waals surface area contributed by atoms with Crippen molar-refractivity contribution in [3.63, 3.8) is 0 Å². The third kappa shape index (κ3) is 1.83. The fraction of sp³-hybridized carbons (Fsp3) is 0.333. The molecule has 0 saturated heterocycles. The van der Waals surface area contributed by atoms with Gasteiger partial charge in [0.15, 0.2) is 5.78 Å². The Morgan fingerprint density at radius 1 is 1.38 bits per heavy atom. The molecule has 1 fully saturated rings. The number of aryl methyl sites for hydroxylation is 1. The Hall–Kier alpha value is -1.71. The lowest BCUT2D eigenvalue weighted by Crippen LogP contribution is -2.08. The first-order chi connectivity index (χ1) is 7.50. The van der Waals surface area contributed by atoms with Crippen LogP contribution in [-0.4, -0.2) is 16.9 Å². The summed E-state index contributed by atoms with van der Waals surface area (Å²) in [5.74, 6) is -2.48. The molecule has 0 aromatic heterocycles. The summed E-state index contributed by atoms with van der Waals surface area (Å²) in [4.78, 5) is 22.4. The molecule has 1 aromatic carbocycles. The number of carbonyl (C=O) groups is 2. The topological polar surface area (TPSA) is 54.4 Å². The minimum Gasteiger partial charge on any atom is -0.481 e. The van der Waals surface area contributed by atoms with Gasteiger partial charge in [-0.05, 0) is 37.1 Å². The lowest BCUT2D eigenvalue weighted by atomic mass is 10.0. The number of halogens is 1. The molecule has 1 saturated carbocycles. The average Bonchev–Trinajstić information content (AvgIpc) is 3.01. The summed E-state index contributed by atoms with van der Waals surface area (Å²) < 4.78 is 13.0. The summed E-state index contributed by atoms with van der Waals surface area (Å²) >= 11 is 0. The van der Waals surface area contributed by atoms with E-state index < -0.39 is 17.8 Å². The van der Waals surface area contributed by atoms with Crippen LogP contribution in [0.5, 0.6) is 0 Å². The number of rotatable bonds is 3. The lowest BCUT2D eigenvalue weighted by Gasteiger charge is -2.01. The molecule has 3 nitrogen and oxygen atoms in total. The van der Waals surface area contributed by atoms with Gasteiger partial charge in [0.1, 0.15) is 5.82 Å². The number of carbonyl (C=O) groups excluding carboxylic acids is 1. The van der Waals surface area contributed by atoms with E-state index in [4.69, 9.17) is 5.11 Å². The molecule has 16 heavy (non-hydrogen) atoms. The Labute approximate surface area is 91.9 Å². The first kappa shape index (κ1) is 10.8. The summed E-state index contributed by atoms with van der Waals surface area (Å²) in [6, 6.07) is 4.11. The van der Waals surface area contributed by atoms with Crippen molar-refractivity contribution in [3.8, 4) is 0 Å². The van der Waals surface area contributed by atoms with Crippen LogP contribution in [0.3, 0.4) is 0 Å². The number of carboxylic acid groups (broad SMARTS) is 1. The van der Waals surface area contributed by atoms with Crippen molar-refractivity contribution in [2.45, 2.75) is 13.3 Å². The van der Waals surface area contributed by atoms with E-state index in [1.54, 1.807) is 6.92 Å². The molecule has 0 aliphatic heterocycles. The fourth-order valence-electron chi connectivity index (χ4n) is 1.77. The van der Waals surface area contributed by atoms with E-state index in [0.717, 1.165) is 0 Å². The molecule has 0 spiro atoms. The van der Waals surface area contributed by atoms with E-state index in [-0.39, 0.29) is 11.6 Å². The lowest BCUT2D eigenvalue weighted by molar-refractivity contribution is -0.138. The Kier molecular flexibility index (Phi) is 2.50. The highest BCUT2D eigenvalue weighted by atomic mass is 19.1. The van der Waals surface area contributed by atoms with E-state index in [9.17, 15) is 14.0 Å². The molecule has 2 atom stereocenters. The van der Waals surface area contributed by atoms with Gasteiger partial charge in [-0.25, -0.2) is 4.39 Å². The van der Waals surface area contributed by atoms with Gasteiger partial charge in [-0.3, -0.25) is 9.59 Å². The van der Waals surface area contributed by atoms with Crippen LogP contribution in [0.1, 0.15) is 22.3 Å². The Morgan fingerprint density at radius 2 is 2.06 bits per heavy atom. The standard InChI is InChI=1S/C12H11FO3/c1-6-4-7(2-3-10(6)13)11(14)8-5-9(8)12(15)16/h2-4,8-9H,5H2,1H3,(H,15,16). The van der Waals surface area contributed by atoms with Crippen LogP contribution in [0.25, 0.3) is 0 Å². The van der Waals surface area contributed by atoms with Gasteiger partial charge in [-0.2, -0.15) is 0 Å². The van der Waals surface area contributed by atoms with Crippen molar-refractivity contribution in [3.05, 3.63) is 35.1 Å². The average molecular weight is 222 g/mol. The summed E-state index contributed by atoms with van der Waals surface area (Å²) in [5.41, 5.74) is 0.797. The number of ketones is 1. The highest BCUT2D eigenvalue weighted by Crippen LogP contribution is 2.41. The minimum atomic E-state index is -0.933. The molecule has 4 heteroatoms. The van der Waals surface area contributed by atoms with E-state index in [1.807, 2.05) is 0 Å². The minimum absolute atomic E-state index is 0.199. The molecule has 2 unspecified atom stereocenters. The predicted octanol–water partition coefficient (Wildman–Crippen LogP) is 2.04. The molecule has 1 aliphatic carbocycles. The van der Waals surface area contributed by atoms with Crippen molar-refractivity contribution < 1.29 is 19.1 Å². The fourth-order valence-corrected chi connectivity index (χ4v) is 1.77. The van der Waals surface area contributed by atoms with Crippen molar-refractivity contribution >= 4 is 11.8 Å². The summed E-state index contributed by atoms with van der Waals surface area (Å²) in [6.07, 6.45) is 0.393. The van der Waals surface area contributed by atoms with Crippen molar-refractivity contribution in [1.29, 1.82) is 0 Å². The van der Waals surface area contributed by atoms with Crippen molar-refractivity contribution in [1.82, 2.24) is 0 Å². The normalized spacial score (nSPS) is 22.9. The SMILES string of the molecule is Cc1cc(C(=O)C2CC2C(=O)O)ccc1F. The Bertz CT molecular complexity index is 467. The number of Topliss-reactive ketones (excluding diaryl/α,β-unsaturated/α-hetero) is 1. The molecule has 0 amide bonds. The molecular weight excluding hydrogens is 211 g/mol. The van der Waals surface area contributed by atoms with Gasteiger partial charge < -0.3 is 5.11 Å². The molecule has 0 bridgehead atoms. The maximum absolute atomic E-state index is 13.0. The quantitative estimate of drug-likeness (QED) is 0.796. The monoisotopic (exact) mass is 222 g/mol. The van der Waals surface area contributed by atoms with E-state index in [2.05, 4.69) is 0 Å². The Morgan fingerprint density at radius 3 is 2.56 bits per heavy atom. The second kappa shape index (κ2) is 3.70. The van der Waals surface area contributed by atoms with Crippen LogP contribution >= 0.6 is 0 Å². The van der Waals surface area contributed by atoms with E-state index in [0.29, 0.717) is 17.5 Å². The van der Waals surface area contributed by atoms with Gasteiger partial charge in [-0.15, -0.1) is 0 Å². The third-order valence-electron chi connectivity index (χ3n) is 2.89. The van der Waals surface area contributed by atoms with Crippen LogP contribution in [0.2, 0.25) is 0 Å². The molecular formula is C12H11FO3. The maximum Gasteiger partial charge on any atom is 0.307 e. The summed E-state index contributed by atoms with van der Waals surface area (Å²) in [6.45, 7) is 1.58. The predicted molar refractivity (Wildman–Crippen MR) is 54.7 cm³/mol. The molecule has 1 N–H and O–H groups in total. The number of carboxylic acids is 1. The largest absolute Gasteiger partial charge is 0.481 e. The number of hydrogen-bond acceptors (Lipinski definition) is 2. The highest BCUT2D eigenvalue weighted by molar-refractivity contribution is 6.02. The highest BCUT2D eigenvalue weighted by Gasteiger charge is 2.48. The molecule has 2 rings (SSSR count). The van der Waals surface area contributed by atoms with Gasteiger partial charge >= 0.3 is 5.97 Å². The second-order valence-corrected chi connectivity index (χ2v) is 4.12.